The highest BCUT2D eigenvalue weighted by Crippen LogP contribution is 2.41. The Hall–Kier alpha value is -7.53. The van der Waals surface area contributed by atoms with E-state index in [0.29, 0.717) is 63.7 Å². The molecule has 2 aliphatic heterocycles. The largest absolute Gasteiger partial charge is 0.493 e. The quantitative estimate of drug-likeness (QED) is 0.135. The summed E-state index contributed by atoms with van der Waals surface area (Å²) in [6.45, 7) is 8.48. The average molecular weight is 966 g/mol. The van der Waals surface area contributed by atoms with Crippen LogP contribution in [0.5, 0.6) is 34.5 Å². The summed E-state index contributed by atoms with van der Waals surface area (Å²) in [7, 11) is 13.8. The molecule has 0 saturated carbocycles. The lowest BCUT2D eigenvalue weighted by atomic mass is 10.2. The number of likely N-dealkylation sites (N-methyl/N-ethyl adjacent to an activating group) is 2. The smallest absolute Gasteiger partial charge is 0.245 e. The summed E-state index contributed by atoms with van der Waals surface area (Å²) in [5.41, 5.74) is 3.28. The van der Waals surface area contributed by atoms with Gasteiger partial charge in [0.2, 0.25) is 22.7 Å². The van der Waals surface area contributed by atoms with E-state index in [1.165, 1.54) is 13.1 Å². The number of halogens is 1. The van der Waals surface area contributed by atoms with Crippen molar-refractivity contribution in [2.45, 2.75) is 0 Å². The summed E-state index contributed by atoms with van der Waals surface area (Å²) in [5, 5.41) is 18.8. The maximum atomic E-state index is 6.00. The SMILES string of the molecule is CN1CCNCC1.COc1cc(-n2cnc(Nc3nc(Cl)nn4cccc34)c2)cc(OC)c1OC.COc1cc(-n2cnc(Nc3nc(N4CCN(C)CC4)nn4cccc34)c2)cc(OC)c1OC. The molecule has 2 aromatic carbocycles. The predicted octanol–water partition coefficient (Wildman–Crippen LogP) is 5.30. The van der Waals surface area contributed by atoms with Gasteiger partial charge in [-0.1, -0.05) is 0 Å². The zero-order valence-electron chi connectivity index (χ0n) is 39.9. The van der Waals surface area contributed by atoms with Crippen LogP contribution in [-0.4, -0.2) is 167 Å². The first-order chi connectivity index (χ1) is 33.6. The minimum Gasteiger partial charge on any atom is -0.493 e. The van der Waals surface area contributed by atoms with Crippen molar-refractivity contribution in [1.82, 2.24) is 63.4 Å². The van der Waals surface area contributed by atoms with E-state index in [-0.39, 0.29) is 5.28 Å². The van der Waals surface area contributed by atoms with Crippen LogP contribution in [0.3, 0.4) is 0 Å². The van der Waals surface area contributed by atoms with E-state index < -0.39 is 0 Å². The van der Waals surface area contributed by atoms with Crippen molar-refractivity contribution in [2.24, 2.45) is 0 Å². The third-order valence-corrected chi connectivity index (χ3v) is 11.6. The van der Waals surface area contributed by atoms with E-state index in [2.05, 4.69) is 64.8 Å². The van der Waals surface area contributed by atoms with Gasteiger partial charge in [-0.2, -0.15) is 9.97 Å². The fourth-order valence-corrected chi connectivity index (χ4v) is 7.83. The third kappa shape index (κ3) is 11.1. The van der Waals surface area contributed by atoms with Gasteiger partial charge in [0.15, 0.2) is 34.6 Å². The number of nitrogens with zero attached hydrogens (tertiary/aromatic N) is 13. The lowest BCUT2D eigenvalue weighted by molar-refractivity contribution is 0.291. The van der Waals surface area contributed by atoms with E-state index in [1.807, 2.05) is 80.8 Å². The van der Waals surface area contributed by atoms with Crippen molar-refractivity contribution < 1.29 is 28.4 Å². The van der Waals surface area contributed by atoms with Crippen molar-refractivity contribution in [3.8, 4) is 45.9 Å². The van der Waals surface area contributed by atoms with Gasteiger partial charge in [0.05, 0.1) is 66.4 Å². The second-order valence-electron chi connectivity index (χ2n) is 15.9. The van der Waals surface area contributed by atoms with Crippen LogP contribution >= 0.6 is 11.6 Å². The molecule has 2 saturated heterocycles. The van der Waals surface area contributed by atoms with Crippen LogP contribution in [0.25, 0.3) is 22.4 Å². The molecule has 8 aromatic rings. The van der Waals surface area contributed by atoms with E-state index in [0.717, 1.165) is 61.7 Å². The number of fused-ring (bicyclic) bond motifs is 2. The standard InChI is InChI=1S/C23H28N8O3.C18H17ClN6O3.C5H12N2/c1-28-8-10-29(11-9-28)23-26-22(17-6-5-7-31(17)27-23)25-20-14-30(15-24-20)16-12-18(32-2)21(34-4)19(13-16)33-3;1-26-13-7-11(8-14(27-2)16(13)28-3)24-9-15(20-10-24)21-17-12-5-4-6-25(12)23-18(19)22-17;1-7-4-2-6-3-5-7/h5-7,12-15H,8-11H2,1-4H3,(H,25,26,27);4-10H,1-3H3,(H,21,22,23);6H,2-5H2,1H3. The average Bonchev–Trinajstić information content (AvgIpc) is 4.23. The topological polar surface area (TPSA) is 197 Å². The van der Waals surface area contributed by atoms with Crippen molar-refractivity contribution in [1.29, 1.82) is 0 Å². The Morgan fingerprint density at radius 1 is 0.565 bits per heavy atom. The van der Waals surface area contributed by atoms with Gasteiger partial charge in [-0.25, -0.2) is 19.0 Å². The summed E-state index contributed by atoms with van der Waals surface area (Å²) >= 11 is 6.00. The molecule has 0 atom stereocenters. The molecule has 0 amide bonds. The lowest BCUT2D eigenvalue weighted by Crippen LogP contribution is -2.45. The fraction of sp³-hybridized carbons (Fsp3) is 0.348. The minimum atomic E-state index is 0.134. The van der Waals surface area contributed by atoms with Gasteiger partial charge in [0.25, 0.3) is 0 Å². The zero-order valence-corrected chi connectivity index (χ0v) is 40.6. The first kappa shape index (κ1) is 47.9. The van der Waals surface area contributed by atoms with Crippen LogP contribution in [0.15, 0.2) is 86.0 Å². The maximum absolute atomic E-state index is 6.00. The molecule has 23 heteroatoms. The van der Waals surface area contributed by atoms with Crippen LogP contribution in [-0.2, 0) is 0 Å². The van der Waals surface area contributed by atoms with Crippen molar-refractivity contribution in [3.05, 3.63) is 91.3 Å². The molecule has 0 bridgehead atoms. The molecule has 10 rings (SSSR count). The Morgan fingerprint density at radius 3 is 1.45 bits per heavy atom. The van der Waals surface area contributed by atoms with Crippen LogP contribution in [0.2, 0.25) is 5.28 Å². The molecule has 364 valence electrons. The summed E-state index contributed by atoms with van der Waals surface area (Å²) < 4.78 is 39.8. The van der Waals surface area contributed by atoms with E-state index in [4.69, 9.17) is 50.1 Å². The van der Waals surface area contributed by atoms with Crippen LogP contribution in [0.1, 0.15) is 0 Å². The molecular weight excluding hydrogens is 908 g/mol. The Morgan fingerprint density at radius 2 is 1.01 bits per heavy atom. The first-order valence-electron chi connectivity index (χ1n) is 22.0. The molecule has 2 fully saturated rings. The molecule has 22 nitrogen and oxygen atoms in total. The Balaban J connectivity index is 0.000000165. The number of methoxy groups -OCH3 is 6. The number of nitrogens with one attached hydrogen (secondary N) is 3. The summed E-state index contributed by atoms with van der Waals surface area (Å²) in [4.78, 5) is 24.8. The molecule has 0 radical (unpaired) electrons. The Labute approximate surface area is 404 Å². The normalized spacial score (nSPS) is 14.1. The third-order valence-electron chi connectivity index (χ3n) is 11.4. The van der Waals surface area contributed by atoms with E-state index >= 15 is 0 Å². The second kappa shape index (κ2) is 22.1. The number of hydrogen-bond acceptors (Lipinski definition) is 18. The zero-order chi connectivity index (χ0) is 48.4. The molecule has 6 aromatic heterocycles. The molecule has 2 aliphatic rings. The van der Waals surface area contributed by atoms with E-state index in [1.54, 1.807) is 66.0 Å². The van der Waals surface area contributed by atoms with Gasteiger partial charge in [-0.15, -0.1) is 10.2 Å². The molecule has 69 heavy (non-hydrogen) atoms. The summed E-state index contributed by atoms with van der Waals surface area (Å²) in [6, 6.07) is 15.1. The number of anilines is 5. The number of rotatable bonds is 13. The van der Waals surface area contributed by atoms with Crippen LogP contribution in [0.4, 0.5) is 29.2 Å². The Kier molecular flexibility index (Phi) is 15.3. The number of aromatic nitrogens is 10. The number of imidazole rings is 2. The predicted molar refractivity (Wildman–Crippen MR) is 264 cm³/mol. The van der Waals surface area contributed by atoms with Gasteiger partial charge in [0, 0.05) is 89.0 Å². The van der Waals surface area contributed by atoms with E-state index in [9.17, 15) is 0 Å². The summed E-state index contributed by atoms with van der Waals surface area (Å²) in [5.74, 6) is 6.51. The second-order valence-corrected chi connectivity index (χ2v) is 16.2. The molecule has 0 aliphatic carbocycles. The monoisotopic (exact) mass is 964 g/mol. The number of piperazine rings is 2. The van der Waals surface area contributed by atoms with Crippen molar-refractivity contribution in [3.63, 3.8) is 0 Å². The molecule has 8 heterocycles. The molecule has 0 unspecified atom stereocenters. The maximum Gasteiger partial charge on any atom is 0.245 e. The van der Waals surface area contributed by atoms with Crippen LogP contribution < -0.4 is 49.3 Å². The number of benzene rings is 2. The highest BCUT2D eigenvalue weighted by Gasteiger charge is 2.21. The number of hydrogen-bond donors (Lipinski definition) is 3. The van der Waals surface area contributed by atoms with Crippen LogP contribution in [0, 0.1) is 0 Å². The highest BCUT2D eigenvalue weighted by molar-refractivity contribution is 6.28. The fourth-order valence-electron chi connectivity index (χ4n) is 7.66. The lowest BCUT2D eigenvalue weighted by Gasteiger charge is -2.32. The number of ether oxygens (including phenoxy) is 6. The van der Waals surface area contributed by atoms with Crippen molar-refractivity contribution in [2.75, 3.05) is 125 Å². The Bertz CT molecular complexity index is 2910. The van der Waals surface area contributed by atoms with Gasteiger partial charge in [-0.05, 0) is 50.0 Å². The van der Waals surface area contributed by atoms with Gasteiger partial charge >= 0.3 is 0 Å². The minimum absolute atomic E-state index is 0.134. The summed E-state index contributed by atoms with van der Waals surface area (Å²) in [6.07, 6.45) is 10.8. The van der Waals surface area contributed by atoms with Crippen molar-refractivity contribution >= 4 is 51.9 Å². The van der Waals surface area contributed by atoms with Gasteiger partial charge in [-0.3, -0.25) is 0 Å². The van der Waals surface area contributed by atoms with Gasteiger partial charge < -0.3 is 68.2 Å². The molecule has 3 N–H and O–H groups in total. The first-order valence-corrected chi connectivity index (χ1v) is 22.4. The molecule has 0 spiro atoms. The molecular formula is C46H57ClN16O6. The van der Waals surface area contributed by atoms with Gasteiger partial charge in [0.1, 0.15) is 35.3 Å². The highest BCUT2D eigenvalue weighted by atomic mass is 35.5.